The highest BCUT2D eigenvalue weighted by atomic mass is 32.2. The molecule has 0 aliphatic rings. The predicted octanol–water partition coefficient (Wildman–Crippen LogP) is 1.14. The smallest absolute Gasteiger partial charge is 0.338 e. The Labute approximate surface area is 144 Å². The fourth-order valence-corrected chi connectivity index (χ4v) is 2.45. The number of primary sulfonamides is 1. The van der Waals surface area contributed by atoms with E-state index >= 15 is 0 Å². The number of hydrogen-bond acceptors (Lipinski definition) is 6. The summed E-state index contributed by atoms with van der Waals surface area (Å²) in [5, 5.41) is 7.44. The van der Waals surface area contributed by atoms with Gasteiger partial charge in [0.15, 0.2) is 6.61 Å². The van der Waals surface area contributed by atoms with Crippen molar-refractivity contribution >= 4 is 27.6 Å². The second-order valence-corrected chi connectivity index (χ2v) is 6.49. The van der Waals surface area contributed by atoms with Crippen LogP contribution in [-0.4, -0.2) is 34.0 Å². The van der Waals surface area contributed by atoms with Crippen molar-refractivity contribution < 1.29 is 27.5 Å². The van der Waals surface area contributed by atoms with E-state index in [1.165, 1.54) is 43.5 Å². The molecule has 0 heterocycles. The maximum absolute atomic E-state index is 11.8. The molecule has 0 bridgehead atoms. The SMILES string of the molecule is COc1ccc(C(=O)OCC(=O)Nc2cccc(S(N)(=O)=O)c2)cc1. The van der Waals surface area contributed by atoms with Gasteiger partial charge in [-0.25, -0.2) is 18.4 Å². The van der Waals surface area contributed by atoms with E-state index in [0.717, 1.165) is 0 Å². The Morgan fingerprint density at radius 1 is 1.12 bits per heavy atom. The van der Waals surface area contributed by atoms with E-state index in [0.29, 0.717) is 5.75 Å². The number of sulfonamides is 1. The zero-order valence-corrected chi connectivity index (χ0v) is 14.1. The molecule has 0 aromatic heterocycles. The molecule has 0 aliphatic heterocycles. The fraction of sp³-hybridized carbons (Fsp3) is 0.125. The third-order valence-corrected chi connectivity index (χ3v) is 4.02. The Morgan fingerprint density at radius 2 is 1.80 bits per heavy atom. The van der Waals surface area contributed by atoms with E-state index in [2.05, 4.69) is 5.32 Å². The van der Waals surface area contributed by atoms with Crippen LogP contribution in [0.15, 0.2) is 53.4 Å². The largest absolute Gasteiger partial charge is 0.497 e. The molecule has 25 heavy (non-hydrogen) atoms. The van der Waals surface area contributed by atoms with Crippen LogP contribution in [-0.2, 0) is 19.6 Å². The van der Waals surface area contributed by atoms with Crippen LogP contribution < -0.4 is 15.2 Å². The minimum Gasteiger partial charge on any atom is -0.497 e. The van der Waals surface area contributed by atoms with Crippen molar-refractivity contribution in [3.63, 3.8) is 0 Å². The van der Waals surface area contributed by atoms with Gasteiger partial charge in [0, 0.05) is 5.69 Å². The Morgan fingerprint density at radius 3 is 2.40 bits per heavy atom. The number of ether oxygens (including phenoxy) is 2. The van der Waals surface area contributed by atoms with E-state index in [1.807, 2.05) is 0 Å². The van der Waals surface area contributed by atoms with Crippen LogP contribution in [0.5, 0.6) is 5.75 Å². The van der Waals surface area contributed by atoms with Gasteiger partial charge in [-0.1, -0.05) is 6.07 Å². The molecule has 1 amide bonds. The van der Waals surface area contributed by atoms with Crippen LogP contribution >= 0.6 is 0 Å². The van der Waals surface area contributed by atoms with Crippen LogP contribution in [0.3, 0.4) is 0 Å². The Balaban J connectivity index is 1.93. The number of nitrogens with one attached hydrogen (secondary N) is 1. The normalized spacial score (nSPS) is 10.8. The molecule has 0 spiro atoms. The van der Waals surface area contributed by atoms with Gasteiger partial charge >= 0.3 is 5.97 Å². The molecular formula is C16H16N2O6S. The van der Waals surface area contributed by atoms with Gasteiger partial charge in [-0.05, 0) is 42.5 Å². The number of rotatable bonds is 6. The summed E-state index contributed by atoms with van der Waals surface area (Å²) in [6.07, 6.45) is 0. The number of amides is 1. The van der Waals surface area contributed by atoms with Crippen LogP contribution in [0, 0.1) is 0 Å². The molecule has 2 aromatic carbocycles. The predicted molar refractivity (Wildman–Crippen MR) is 89.7 cm³/mol. The summed E-state index contributed by atoms with van der Waals surface area (Å²) >= 11 is 0. The van der Waals surface area contributed by atoms with Crippen molar-refractivity contribution in [1.82, 2.24) is 0 Å². The number of nitrogens with two attached hydrogens (primary N) is 1. The maximum atomic E-state index is 11.8. The summed E-state index contributed by atoms with van der Waals surface area (Å²) in [5.74, 6) is -0.700. The molecule has 0 unspecified atom stereocenters. The van der Waals surface area contributed by atoms with Crippen molar-refractivity contribution in [2.24, 2.45) is 5.14 Å². The van der Waals surface area contributed by atoms with Gasteiger partial charge in [0.2, 0.25) is 10.0 Å². The number of carbonyl (C=O) groups is 2. The number of hydrogen-bond donors (Lipinski definition) is 2. The standard InChI is InChI=1S/C16H16N2O6S/c1-23-13-7-5-11(6-8-13)16(20)24-10-15(19)18-12-3-2-4-14(9-12)25(17,21)22/h2-9H,10H2,1H3,(H,18,19)(H2,17,21,22). The molecule has 8 nitrogen and oxygen atoms in total. The number of carbonyl (C=O) groups excluding carboxylic acids is 2. The lowest BCUT2D eigenvalue weighted by Gasteiger charge is -2.08. The highest BCUT2D eigenvalue weighted by molar-refractivity contribution is 7.89. The molecular weight excluding hydrogens is 348 g/mol. The highest BCUT2D eigenvalue weighted by Crippen LogP contribution is 2.14. The molecule has 0 atom stereocenters. The molecule has 132 valence electrons. The molecule has 0 radical (unpaired) electrons. The average molecular weight is 364 g/mol. The quantitative estimate of drug-likeness (QED) is 0.741. The van der Waals surface area contributed by atoms with Gasteiger partial charge < -0.3 is 14.8 Å². The summed E-state index contributed by atoms with van der Waals surface area (Å²) in [6.45, 7) is -0.523. The molecule has 0 saturated carbocycles. The molecule has 2 rings (SSSR count). The Bertz CT molecular complexity index is 878. The summed E-state index contributed by atoms with van der Waals surface area (Å²) in [6, 6.07) is 11.6. The highest BCUT2D eigenvalue weighted by Gasteiger charge is 2.12. The lowest BCUT2D eigenvalue weighted by Crippen LogP contribution is -2.21. The van der Waals surface area contributed by atoms with Crippen molar-refractivity contribution in [1.29, 1.82) is 0 Å². The van der Waals surface area contributed by atoms with Crippen molar-refractivity contribution in [2.45, 2.75) is 4.90 Å². The van der Waals surface area contributed by atoms with Gasteiger partial charge in [0.25, 0.3) is 5.91 Å². The van der Waals surface area contributed by atoms with E-state index in [1.54, 1.807) is 12.1 Å². The number of esters is 1. The molecule has 2 aromatic rings. The maximum Gasteiger partial charge on any atom is 0.338 e. The van der Waals surface area contributed by atoms with E-state index < -0.39 is 28.5 Å². The van der Waals surface area contributed by atoms with Crippen LogP contribution in [0.1, 0.15) is 10.4 Å². The molecule has 0 fully saturated rings. The topological polar surface area (TPSA) is 125 Å². The van der Waals surface area contributed by atoms with E-state index in [9.17, 15) is 18.0 Å². The first-order valence-corrected chi connectivity index (χ1v) is 8.58. The first-order valence-electron chi connectivity index (χ1n) is 7.03. The minimum absolute atomic E-state index is 0.138. The van der Waals surface area contributed by atoms with Crippen molar-refractivity contribution in [3.05, 3.63) is 54.1 Å². The average Bonchev–Trinajstić information content (AvgIpc) is 2.59. The lowest BCUT2D eigenvalue weighted by atomic mass is 10.2. The zero-order chi connectivity index (χ0) is 18.4. The van der Waals surface area contributed by atoms with E-state index in [-0.39, 0.29) is 16.1 Å². The Hall–Kier alpha value is -2.91. The van der Waals surface area contributed by atoms with E-state index in [4.69, 9.17) is 14.6 Å². The first kappa shape index (κ1) is 18.4. The summed E-state index contributed by atoms with van der Waals surface area (Å²) in [7, 11) is -2.37. The lowest BCUT2D eigenvalue weighted by molar-refractivity contribution is -0.119. The molecule has 0 saturated heterocycles. The second-order valence-electron chi connectivity index (χ2n) is 4.93. The first-order chi connectivity index (χ1) is 11.8. The molecule has 0 aliphatic carbocycles. The Kier molecular flexibility index (Phi) is 5.73. The number of methoxy groups -OCH3 is 1. The van der Waals surface area contributed by atoms with Crippen LogP contribution in [0.4, 0.5) is 5.69 Å². The van der Waals surface area contributed by atoms with Crippen LogP contribution in [0.25, 0.3) is 0 Å². The van der Waals surface area contributed by atoms with Gasteiger partial charge in [0.1, 0.15) is 5.75 Å². The van der Waals surface area contributed by atoms with Gasteiger partial charge in [-0.15, -0.1) is 0 Å². The summed E-state index contributed by atoms with van der Waals surface area (Å²) in [4.78, 5) is 23.5. The third kappa shape index (κ3) is 5.30. The zero-order valence-electron chi connectivity index (χ0n) is 13.3. The third-order valence-electron chi connectivity index (χ3n) is 3.11. The number of benzene rings is 2. The summed E-state index contributed by atoms with van der Waals surface area (Å²) < 4.78 is 32.4. The molecule has 9 heteroatoms. The monoisotopic (exact) mass is 364 g/mol. The second kappa shape index (κ2) is 7.77. The van der Waals surface area contributed by atoms with Crippen molar-refractivity contribution in [3.8, 4) is 5.75 Å². The van der Waals surface area contributed by atoms with Crippen LogP contribution in [0.2, 0.25) is 0 Å². The molecule has 3 N–H and O–H groups in total. The minimum atomic E-state index is -3.88. The number of anilines is 1. The van der Waals surface area contributed by atoms with Gasteiger partial charge in [-0.2, -0.15) is 0 Å². The van der Waals surface area contributed by atoms with Gasteiger partial charge in [-0.3, -0.25) is 4.79 Å². The summed E-state index contributed by atoms with van der Waals surface area (Å²) in [5.41, 5.74) is 0.488. The fourth-order valence-electron chi connectivity index (χ4n) is 1.89. The van der Waals surface area contributed by atoms with Crippen molar-refractivity contribution in [2.75, 3.05) is 19.0 Å². The van der Waals surface area contributed by atoms with Gasteiger partial charge in [0.05, 0.1) is 17.6 Å².